The largest absolute Gasteiger partial charge is 0.331 e. The van der Waals surface area contributed by atoms with E-state index in [2.05, 4.69) is 5.32 Å². The van der Waals surface area contributed by atoms with Crippen molar-refractivity contribution in [3.8, 4) is 0 Å². The first-order chi connectivity index (χ1) is 4.10. The van der Waals surface area contributed by atoms with Crippen LogP contribution in [0.1, 0.15) is 0 Å². The van der Waals surface area contributed by atoms with Gasteiger partial charge in [0.25, 0.3) is 0 Å². The molecular weight excluding hydrogens is 142 g/mol. The van der Waals surface area contributed by atoms with E-state index in [-0.39, 0.29) is 0 Å². The van der Waals surface area contributed by atoms with E-state index in [9.17, 15) is 13.2 Å². The van der Waals surface area contributed by atoms with Gasteiger partial charge < -0.3 is 5.32 Å². The molecule has 1 amide bonds. The van der Waals surface area contributed by atoms with Crippen molar-refractivity contribution in [3.05, 3.63) is 11.6 Å². The molecule has 0 saturated heterocycles. The Bertz CT molecular complexity index is 251. The number of rotatable bonds is 0. The number of carbonyl (C=O) groups is 1. The normalized spacial score (nSPS) is 23.3. The summed E-state index contributed by atoms with van der Waals surface area (Å²) >= 11 is 0. The van der Waals surface area contributed by atoms with E-state index >= 15 is 0 Å². The Kier molecular flexibility index (Phi) is 1.28. The fourth-order valence-corrected chi connectivity index (χ4v) is 1.32. The van der Waals surface area contributed by atoms with E-state index in [1.165, 1.54) is 0 Å². The molecule has 1 rings (SSSR count). The lowest BCUT2D eigenvalue weighted by atomic mass is 10.7. The molecule has 1 heterocycles. The van der Waals surface area contributed by atoms with Crippen LogP contribution < -0.4 is 5.32 Å². The predicted octanol–water partition coefficient (Wildman–Crippen LogP) is -0.998. The van der Waals surface area contributed by atoms with E-state index in [0.29, 0.717) is 0 Å². The molecule has 9 heavy (non-hydrogen) atoms. The summed E-state index contributed by atoms with van der Waals surface area (Å²) in [5, 5.41) is 3.22. The van der Waals surface area contributed by atoms with Crippen LogP contribution in [0.5, 0.6) is 0 Å². The van der Waals surface area contributed by atoms with Gasteiger partial charge in [-0.3, -0.25) is 4.79 Å². The molecule has 0 atom stereocenters. The molecule has 50 valence electrons. The molecular formula is C4H5NO3S. The quantitative estimate of drug-likeness (QED) is 0.478. The molecule has 1 aliphatic heterocycles. The predicted molar refractivity (Wildman–Crippen MR) is 31.1 cm³/mol. The maximum absolute atomic E-state index is 10.5. The first kappa shape index (κ1) is 6.28. The molecule has 1 N–H and O–H groups in total. The summed E-state index contributed by atoms with van der Waals surface area (Å²) in [4.78, 5) is 10.3. The highest BCUT2D eigenvalue weighted by Crippen LogP contribution is 1.95. The molecule has 0 spiro atoms. The first-order valence-corrected chi connectivity index (χ1v) is 4.00. The molecule has 0 aromatic heterocycles. The minimum atomic E-state index is -3.22. The first-order valence-electron chi connectivity index (χ1n) is 2.29. The van der Waals surface area contributed by atoms with Gasteiger partial charge in [0.1, 0.15) is 5.75 Å². The monoisotopic (exact) mass is 147 g/mol. The zero-order valence-electron chi connectivity index (χ0n) is 4.49. The molecule has 4 nitrogen and oxygen atoms in total. The van der Waals surface area contributed by atoms with Crippen molar-refractivity contribution in [2.24, 2.45) is 0 Å². The van der Waals surface area contributed by atoms with Crippen LogP contribution in [0.15, 0.2) is 11.6 Å². The number of hydrogen-bond donors (Lipinski definition) is 1. The standard InChI is InChI=1S/C4H5NO3S/c6-4-3-9(7,8)2-1-5-4/h1-2H,3H2,(H,5,6). The lowest BCUT2D eigenvalue weighted by molar-refractivity contribution is -0.117. The van der Waals surface area contributed by atoms with E-state index in [0.717, 1.165) is 11.6 Å². The van der Waals surface area contributed by atoms with Gasteiger partial charge in [-0.05, 0) is 0 Å². The third-order valence-electron chi connectivity index (χ3n) is 0.852. The average Bonchev–Trinajstić information content (AvgIpc) is 1.60. The maximum atomic E-state index is 10.5. The van der Waals surface area contributed by atoms with Gasteiger partial charge in [-0.1, -0.05) is 0 Å². The number of nitrogens with one attached hydrogen (secondary N) is 1. The molecule has 0 bridgehead atoms. The second-order valence-corrected chi connectivity index (χ2v) is 3.56. The highest BCUT2D eigenvalue weighted by atomic mass is 32.2. The van der Waals surface area contributed by atoms with Crippen LogP contribution in [0.2, 0.25) is 0 Å². The van der Waals surface area contributed by atoms with Gasteiger partial charge in [-0.15, -0.1) is 0 Å². The summed E-state index contributed by atoms with van der Waals surface area (Å²) in [5.41, 5.74) is 0. The van der Waals surface area contributed by atoms with Gasteiger partial charge in [0.05, 0.1) is 0 Å². The van der Waals surface area contributed by atoms with E-state index < -0.39 is 21.5 Å². The Labute approximate surface area is 52.5 Å². The van der Waals surface area contributed by atoms with Crippen molar-refractivity contribution in [1.82, 2.24) is 5.32 Å². The van der Waals surface area contributed by atoms with Crippen LogP contribution in [0.4, 0.5) is 0 Å². The fourth-order valence-electron chi connectivity index (χ4n) is 0.503. The lowest BCUT2D eigenvalue weighted by Crippen LogP contribution is -2.29. The Morgan fingerprint density at radius 2 is 2.22 bits per heavy atom. The summed E-state index contributed by atoms with van der Waals surface area (Å²) in [6.45, 7) is 0. The Morgan fingerprint density at radius 1 is 1.56 bits per heavy atom. The summed E-state index contributed by atoms with van der Waals surface area (Å²) < 4.78 is 21.0. The van der Waals surface area contributed by atoms with Crippen molar-refractivity contribution in [1.29, 1.82) is 0 Å². The van der Waals surface area contributed by atoms with Gasteiger partial charge >= 0.3 is 0 Å². The van der Waals surface area contributed by atoms with Crippen molar-refractivity contribution in [3.63, 3.8) is 0 Å². The van der Waals surface area contributed by atoms with Crippen LogP contribution in [0.25, 0.3) is 0 Å². The highest BCUT2D eigenvalue weighted by molar-refractivity contribution is 7.95. The SMILES string of the molecule is O=C1CS(=O)(=O)C=CN1. The van der Waals surface area contributed by atoms with Gasteiger partial charge in [-0.2, -0.15) is 0 Å². The highest BCUT2D eigenvalue weighted by Gasteiger charge is 2.15. The van der Waals surface area contributed by atoms with Crippen LogP contribution in [-0.4, -0.2) is 20.1 Å². The number of amides is 1. The zero-order valence-corrected chi connectivity index (χ0v) is 5.31. The van der Waals surface area contributed by atoms with Gasteiger partial charge in [0.15, 0.2) is 9.84 Å². The molecule has 0 saturated carbocycles. The molecule has 0 unspecified atom stereocenters. The average molecular weight is 147 g/mol. The zero-order chi connectivity index (χ0) is 6.91. The fraction of sp³-hybridized carbons (Fsp3) is 0.250. The smallest absolute Gasteiger partial charge is 0.239 e. The van der Waals surface area contributed by atoms with E-state index in [1.54, 1.807) is 0 Å². The van der Waals surface area contributed by atoms with Crippen molar-refractivity contribution < 1.29 is 13.2 Å². The molecule has 0 aromatic carbocycles. The minimum Gasteiger partial charge on any atom is -0.331 e. The molecule has 0 fully saturated rings. The van der Waals surface area contributed by atoms with E-state index in [4.69, 9.17) is 0 Å². The van der Waals surface area contributed by atoms with Crippen LogP contribution in [0.3, 0.4) is 0 Å². The lowest BCUT2D eigenvalue weighted by Gasteiger charge is -2.03. The topological polar surface area (TPSA) is 63.2 Å². The number of carbonyl (C=O) groups excluding carboxylic acids is 1. The van der Waals surface area contributed by atoms with Gasteiger partial charge in [0.2, 0.25) is 5.91 Å². The minimum absolute atomic E-state index is 0.427. The third kappa shape index (κ3) is 1.53. The summed E-state index contributed by atoms with van der Waals surface area (Å²) in [7, 11) is -3.22. The Balaban J connectivity index is 2.97. The Morgan fingerprint density at radius 3 is 2.56 bits per heavy atom. The van der Waals surface area contributed by atoms with Gasteiger partial charge in [-0.25, -0.2) is 8.42 Å². The molecule has 0 aromatic rings. The molecule has 0 radical (unpaired) electrons. The van der Waals surface area contributed by atoms with Crippen molar-refractivity contribution in [2.45, 2.75) is 0 Å². The van der Waals surface area contributed by atoms with Crippen LogP contribution >= 0.6 is 0 Å². The number of hydrogen-bond acceptors (Lipinski definition) is 3. The maximum Gasteiger partial charge on any atom is 0.239 e. The van der Waals surface area contributed by atoms with E-state index in [1.807, 2.05) is 0 Å². The summed E-state index contributed by atoms with van der Waals surface area (Å²) in [6, 6.07) is 0. The second-order valence-electron chi connectivity index (χ2n) is 1.68. The van der Waals surface area contributed by atoms with Crippen molar-refractivity contribution >= 4 is 15.7 Å². The van der Waals surface area contributed by atoms with Crippen LogP contribution in [0, 0.1) is 0 Å². The molecule has 0 aliphatic carbocycles. The second kappa shape index (κ2) is 1.84. The van der Waals surface area contributed by atoms with Gasteiger partial charge in [0, 0.05) is 11.6 Å². The number of sulfone groups is 1. The molecule has 5 heteroatoms. The summed E-state index contributed by atoms with van der Waals surface area (Å²) in [5.74, 6) is -0.902. The van der Waals surface area contributed by atoms with Crippen molar-refractivity contribution in [2.75, 3.05) is 5.75 Å². The molecule has 1 aliphatic rings. The third-order valence-corrected chi connectivity index (χ3v) is 2.07. The summed E-state index contributed by atoms with van der Waals surface area (Å²) in [6.07, 6.45) is 1.13. The van der Waals surface area contributed by atoms with Crippen LogP contribution in [-0.2, 0) is 14.6 Å². The Hall–Kier alpha value is -0.840.